The minimum atomic E-state index is -0.639. The van der Waals surface area contributed by atoms with Crippen LogP contribution in [0.25, 0.3) is 22.5 Å². The Morgan fingerprint density at radius 3 is 2.45 bits per heavy atom. The summed E-state index contributed by atoms with van der Waals surface area (Å²) in [4.78, 5) is 38.2. The van der Waals surface area contributed by atoms with Crippen molar-refractivity contribution in [1.82, 2.24) is 14.8 Å². The predicted molar refractivity (Wildman–Crippen MR) is 148 cm³/mol. The number of aromatic nitrogens is 3. The average Bonchev–Trinajstić information content (AvgIpc) is 3.53. The fourth-order valence-corrected chi connectivity index (χ4v) is 5.63. The summed E-state index contributed by atoms with van der Waals surface area (Å²) in [7, 11) is 2.50. The molecule has 2 aromatic carbocycles. The highest BCUT2D eigenvalue weighted by Crippen LogP contribution is 2.39. The lowest BCUT2D eigenvalue weighted by Gasteiger charge is -2.12. The van der Waals surface area contributed by atoms with Crippen LogP contribution in [0.5, 0.6) is 0 Å². The van der Waals surface area contributed by atoms with Crippen molar-refractivity contribution >= 4 is 46.6 Å². The first-order valence-electron chi connectivity index (χ1n) is 11.7. The lowest BCUT2D eigenvalue weighted by molar-refractivity contribution is -0.113. The number of nitrogens with zero attached hydrogens (tertiary/aromatic N) is 3. The minimum absolute atomic E-state index is 0.00933. The number of carbonyl (C=O) groups excluding carboxylic acids is 3. The molecule has 0 aliphatic carbocycles. The van der Waals surface area contributed by atoms with Gasteiger partial charge < -0.3 is 19.4 Å². The Balaban J connectivity index is 1.55. The van der Waals surface area contributed by atoms with Crippen LogP contribution >= 0.6 is 23.1 Å². The Bertz CT molecular complexity index is 1480. The van der Waals surface area contributed by atoms with Gasteiger partial charge in [0, 0.05) is 27.9 Å². The highest BCUT2D eigenvalue weighted by Gasteiger charge is 2.21. The van der Waals surface area contributed by atoms with E-state index >= 15 is 0 Å². The van der Waals surface area contributed by atoms with Crippen molar-refractivity contribution in [1.29, 1.82) is 0 Å². The number of carbonyl (C=O) groups is 3. The summed E-state index contributed by atoms with van der Waals surface area (Å²) in [6.07, 6.45) is 0. The van der Waals surface area contributed by atoms with Gasteiger partial charge in [0.15, 0.2) is 11.0 Å². The van der Waals surface area contributed by atoms with E-state index in [0.29, 0.717) is 11.7 Å². The molecule has 0 saturated heterocycles. The van der Waals surface area contributed by atoms with E-state index in [1.54, 1.807) is 11.3 Å². The summed E-state index contributed by atoms with van der Waals surface area (Å²) in [5.74, 6) is -0.869. The fourth-order valence-electron chi connectivity index (χ4n) is 3.96. The molecule has 2 heterocycles. The lowest BCUT2D eigenvalue weighted by Crippen LogP contribution is -2.18. The number of rotatable bonds is 9. The zero-order valence-corrected chi connectivity index (χ0v) is 22.9. The van der Waals surface area contributed by atoms with E-state index in [0.717, 1.165) is 22.5 Å². The van der Waals surface area contributed by atoms with Crippen molar-refractivity contribution in [3.8, 4) is 22.5 Å². The third kappa shape index (κ3) is 5.63. The van der Waals surface area contributed by atoms with Crippen molar-refractivity contribution < 1.29 is 23.9 Å². The SMILES string of the molecule is CCn1c(SCC(=O)Nc2cc(C(=O)OC)ccc2C(=O)OC)nnc1-c1csc(C)c1-c1ccccc1. The first kappa shape index (κ1) is 27.1. The molecule has 196 valence electrons. The van der Waals surface area contributed by atoms with Crippen molar-refractivity contribution in [3.05, 3.63) is 69.9 Å². The van der Waals surface area contributed by atoms with E-state index in [-0.39, 0.29) is 28.5 Å². The number of hydrogen-bond acceptors (Lipinski definition) is 9. The minimum Gasteiger partial charge on any atom is -0.465 e. The topological polar surface area (TPSA) is 112 Å². The van der Waals surface area contributed by atoms with Gasteiger partial charge >= 0.3 is 11.9 Å². The zero-order valence-electron chi connectivity index (χ0n) is 21.3. The fraction of sp³-hybridized carbons (Fsp3) is 0.222. The van der Waals surface area contributed by atoms with Crippen LogP contribution in [0.3, 0.4) is 0 Å². The monoisotopic (exact) mass is 550 g/mol. The molecule has 11 heteroatoms. The molecule has 4 aromatic rings. The van der Waals surface area contributed by atoms with Crippen molar-refractivity contribution in [2.24, 2.45) is 0 Å². The molecule has 4 rings (SSSR count). The van der Waals surface area contributed by atoms with Gasteiger partial charge in [0.2, 0.25) is 5.91 Å². The molecule has 0 aliphatic rings. The standard InChI is InChI=1S/C27H26N4O5S2/c1-5-31-24(20-14-37-16(2)23(20)17-9-7-6-8-10-17)29-30-27(31)38-15-22(32)28-21-13-18(25(33)35-3)11-12-19(21)26(34)36-4/h6-14H,5,15H2,1-4H3,(H,28,32). The Hall–Kier alpha value is -3.96. The van der Waals surface area contributed by atoms with Gasteiger partial charge in [0.1, 0.15) is 0 Å². The third-order valence-electron chi connectivity index (χ3n) is 5.76. The normalized spacial score (nSPS) is 10.7. The van der Waals surface area contributed by atoms with Crippen LogP contribution in [0.1, 0.15) is 32.5 Å². The summed E-state index contributed by atoms with van der Waals surface area (Å²) < 4.78 is 11.5. The van der Waals surface area contributed by atoms with Gasteiger partial charge in [-0.2, -0.15) is 0 Å². The number of esters is 2. The number of methoxy groups -OCH3 is 2. The highest BCUT2D eigenvalue weighted by atomic mass is 32.2. The van der Waals surface area contributed by atoms with Crippen LogP contribution in [-0.4, -0.2) is 52.6 Å². The predicted octanol–water partition coefficient (Wildman–Crippen LogP) is 5.31. The largest absolute Gasteiger partial charge is 0.465 e. The zero-order chi connectivity index (χ0) is 27.2. The van der Waals surface area contributed by atoms with Gasteiger partial charge in [-0.15, -0.1) is 21.5 Å². The van der Waals surface area contributed by atoms with Gasteiger partial charge in [0.05, 0.1) is 36.8 Å². The van der Waals surface area contributed by atoms with Gasteiger partial charge in [-0.25, -0.2) is 9.59 Å². The highest BCUT2D eigenvalue weighted by molar-refractivity contribution is 7.99. The van der Waals surface area contributed by atoms with E-state index in [9.17, 15) is 14.4 Å². The molecular weight excluding hydrogens is 524 g/mol. The molecule has 2 aromatic heterocycles. The Labute approximate surface area is 228 Å². The first-order valence-corrected chi connectivity index (χ1v) is 13.5. The van der Waals surface area contributed by atoms with Gasteiger partial charge in [-0.3, -0.25) is 4.79 Å². The Morgan fingerprint density at radius 2 is 1.76 bits per heavy atom. The number of hydrogen-bond donors (Lipinski definition) is 1. The van der Waals surface area contributed by atoms with Crippen molar-refractivity contribution in [2.45, 2.75) is 25.5 Å². The number of amides is 1. The molecule has 0 unspecified atom stereocenters. The van der Waals surface area contributed by atoms with Crippen LogP contribution in [0.4, 0.5) is 5.69 Å². The number of aryl methyl sites for hydroxylation is 1. The van der Waals surface area contributed by atoms with E-state index in [2.05, 4.69) is 40.0 Å². The number of ether oxygens (including phenoxy) is 2. The van der Waals surface area contributed by atoms with Crippen LogP contribution < -0.4 is 5.32 Å². The molecule has 0 aliphatic heterocycles. The average molecular weight is 551 g/mol. The molecular formula is C27H26N4O5S2. The second kappa shape index (κ2) is 12.1. The number of benzene rings is 2. The van der Waals surface area contributed by atoms with Crippen LogP contribution in [0.15, 0.2) is 59.1 Å². The summed E-state index contributed by atoms with van der Waals surface area (Å²) >= 11 is 2.89. The first-order chi connectivity index (χ1) is 18.4. The molecule has 1 N–H and O–H groups in total. The maximum Gasteiger partial charge on any atom is 0.339 e. The molecule has 0 radical (unpaired) electrons. The van der Waals surface area contributed by atoms with Crippen LogP contribution in [0.2, 0.25) is 0 Å². The quantitative estimate of drug-likeness (QED) is 0.221. The summed E-state index contributed by atoms with van der Waals surface area (Å²) in [6, 6.07) is 14.4. The van der Waals surface area contributed by atoms with Gasteiger partial charge in [-0.1, -0.05) is 42.1 Å². The number of nitrogens with one attached hydrogen (secondary N) is 1. The smallest absolute Gasteiger partial charge is 0.339 e. The van der Waals surface area contributed by atoms with E-state index < -0.39 is 11.9 Å². The molecule has 0 bridgehead atoms. The lowest BCUT2D eigenvalue weighted by atomic mass is 10.0. The van der Waals surface area contributed by atoms with Gasteiger partial charge in [-0.05, 0) is 37.6 Å². The Kier molecular flexibility index (Phi) is 8.59. The molecule has 38 heavy (non-hydrogen) atoms. The van der Waals surface area contributed by atoms with Crippen molar-refractivity contribution in [3.63, 3.8) is 0 Å². The molecule has 0 fully saturated rings. The van der Waals surface area contributed by atoms with Crippen LogP contribution in [-0.2, 0) is 20.8 Å². The van der Waals surface area contributed by atoms with E-state index in [1.807, 2.05) is 29.7 Å². The number of thiophene rings is 1. The second-order valence-electron chi connectivity index (χ2n) is 8.08. The Morgan fingerprint density at radius 1 is 1.03 bits per heavy atom. The molecule has 0 spiro atoms. The van der Waals surface area contributed by atoms with E-state index in [1.165, 1.54) is 49.1 Å². The van der Waals surface area contributed by atoms with Gasteiger partial charge in [0.25, 0.3) is 0 Å². The second-order valence-corrected chi connectivity index (χ2v) is 10.1. The maximum atomic E-state index is 12.9. The summed E-state index contributed by atoms with van der Waals surface area (Å²) in [5, 5.41) is 14.2. The number of thioether (sulfide) groups is 1. The molecule has 0 saturated carbocycles. The maximum absolute atomic E-state index is 12.9. The van der Waals surface area contributed by atoms with Crippen molar-refractivity contribution in [2.75, 3.05) is 25.3 Å². The third-order valence-corrected chi connectivity index (χ3v) is 7.64. The summed E-state index contributed by atoms with van der Waals surface area (Å²) in [6.45, 7) is 4.70. The van der Waals surface area contributed by atoms with E-state index in [4.69, 9.17) is 9.47 Å². The summed E-state index contributed by atoms with van der Waals surface area (Å²) in [5.41, 5.74) is 3.69. The number of anilines is 1. The molecule has 1 amide bonds. The van der Waals surface area contributed by atoms with Crippen LogP contribution in [0, 0.1) is 6.92 Å². The molecule has 9 nitrogen and oxygen atoms in total. The molecule has 0 atom stereocenters.